The Labute approximate surface area is 137 Å². The third kappa shape index (κ3) is 3.89. The van der Waals surface area contributed by atoms with Gasteiger partial charge in [0, 0.05) is 51.2 Å². The van der Waals surface area contributed by atoms with Crippen LogP contribution in [0.3, 0.4) is 0 Å². The lowest BCUT2D eigenvalue weighted by atomic mass is 10.2. The Morgan fingerprint density at radius 1 is 1.22 bits per heavy atom. The molecule has 23 heavy (non-hydrogen) atoms. The lowest BCUT2D eigenvalue weighted by Gasteiger charge is -2.22. The van der Waals surface area contributed by atoms with Crippen molar-refractivity contribution < 1.29 is 4.79 Å². The van der Waals surface area contributed by atoms with E-state index in [2.05, 4.69) is 34.1 Å². The summed E-state index contributed by atoms with van der Waals surface area (Å²) in [6.45, 7) is 2.57. The van der Waals surface area contributed by atoms with Gasteiger partial charge in [-0.1, -0.05) is 18.2 Å². The number of benzene rings is 1. The van der Waals surface area contributed by atoms with Crippen LogP contribution in [0.25, 0.3) is 0 Å². The zero-order chi connectivity index (χ0) is 16.1. The van der Waals surface area contributed by atoms with E-state index in [4.69, 9.17) is 0 Å². The normalized spacial score (nSPS) is 13.0. The molecule has 0 saturated carbocycles. The maximum Gasteiger partial charge on any atom is 0.224 e. The summed E-state index contributed by atoms with van der Waals surface area (Å²) in [5, 5.41) is 0. The van der Waals surface area contributed by atoms with E-state index in [0.717, 1.165) is 32.5 Å². The molecular formula is C19H23N3O. The van der Waals surface area contributed by atoms with Crippen molar-refractivity contribution in [2.75, 3.05) is 31.6 Å². The summed E-state index contributed by atoms with van der Waals surface area (Å²) in [6, 6.07) is 12.5. The van der Waals surface area contributed by atoms with Crippen molar-refractivity contribution >= 4 is 11.6 Å². The van der Waals surface area contributed by atoms with E-state index in [1.54, 1.807) is 12.4 Å². The van der Waals surface area contributed by atoms with Gasteiger partial charge in [0.25, 0.3) is 0 Å². The molecule has 0 radical (unpaired) electrons. The van der Waals surface area contributed by atoms with Gasteiger partial charge < -0.3 is 9.80 Å². The molecule has 0 saturated heterocycles. The van der Waals surface area contributed by atoms with Gasteiger partial charge in [-0.3, -0.25) is 9.78 Å². The van der Waals surface area contributed by atoms with Crippen molar-refractivity contribution in [3.8, 4) is 0 Å². The molecule has 1 aliphatic heterocycles. The van der Waals surface area contributed by atoms with E-state index >= 15 is 0 Å². The van der Waals surface area contributed by atoms with Crippen molar-refractivity contribution in [2.24, 2.45) is 0 Å². The van der Waals surface area contributed by atoms with Crippen molar-refractivity contribution in [1.82, 2.24) is 9.88 Å². The van der Waals surface area contributed by atoms with Crippen LogP contribution in [0.15, 0.2) is 48.8 Å². The predicted octanol–water partition coefficient (Wildman–Crippen LogP) is 2.54. The van der Waals surface area contributed by atoms with Crippen LogP contribution in [-0.4, -0.2) is 42.5 Å². The van der Waals surface area contributed by atoms with E-state index in [1.807, 2.05) is 24.1 Å². The largest absolute Gasteiger partial charge is 0.370 e. The Balaban J connectivity index is 1.46. The van der Waals surface area contributed by atoms with Crippen LogP contribution in [-0.2, 0) is 17.6 Å². The van der Waals surface area contributed by atoms with Gasteiger partial charge in [0.1, 0.15) is 0 Å². The molecule has 0 N–H and O–H groups in total. The van der Waals surface area contributed by atoms with Gasteiger partial charge >= 0.3 is 0 Å². The quantitative estimate of drug-likeness (QED) is 0.823. The maximum atomic E-state index is 12.3. The number of carbonyl (C=O) groups excluding carboxylic acids is 1. The van der Waals surface area contributed by atoms with Crippen LogP contribution in [0.5, 0.6) is 0 Å². The first-order valence-corrected chi connectivity index (χ1v) is 8.20. The smallest absolute Gasteiger partial charge is 0.224 e. The van der Waals surface area contributed by atoms with Crippen LogP contribution in [0, 0.1) is 0 Å². The molecule has 4 heteroatoms. The average molecular weight is 309 g/mol. The third-order valence-corrected chi connectivity index (χ3v) is 4.49. The zero-order valence-corrected chi connectivity index (χ0v) is 13.6. The van der Waals surface area contributed by atoms with Crippen molar-refractivity contribution in [2.45, 2.75) is 19.3 Å². The predicted molar refractivity (Wildman–Crippen MR) is 92.6 cm³/mol. The minimum Gasteiger partial charge on any atom is -0.370 e. The molecule has 0 aliphatic carbocycles. The third-order valence-electron chi connectivity index (χ3n) is 4.49. The summed E-state index contributed by atoms with van der Waals surface area (Å²) in [4.78, 5) is 20.5. The fraction of sp³-hybridized carbons (Fsp3) is 0.368. The second-order valence-corrected chi connectivity index (χ2v) is 6.04. The molecule has 0 atom stereocenters. The van der Waals surface area contributed by atoms with E-state index < -0.39 is 0 Å². The van der Waals surface area contributed by atoms with E-state index in [9.17, 15) is 4.79 Å². The molecule has 0 unspecified atom stereocenters. The van der Waals surface area contributed by atoms with Crippen LogP contribution >= 0.6 is 0 Å². The summed E-state index contributed by atoms with van der Waals surface area (Å²) in [5.74, 6) is 0.212. The number of fused-ring (bicyclic) bond motifs is 1. The van der Waals surface area contributed by atoms with Crippen LogP contribution < -0.4 is 4.90 Å². The molecule has 2 heterocycles. The highest BCUT2D eigenvalue weighted by Crippen LogP contribution is 2.27. The topological polar surface area (TPSA) is 36.4 Å². The molecule has 1 aromatic carbocycles. The fourth-order valence-electron chi connectivity index (χ4n) is 3.03. The molecule has 1 aromatic heterocycles. The van der Waals surface area contributed by atoms with Crippen LogP contribution in [0.2, 0.25) is 0 Å². The Morgan fingerprint density at radius 3 is 2.83 bits per heavy atom. The molecule has 2 aromatic rings. The highest BCUT2D eigenvalue weighted by Gasteiger charge is 2.19. The number of nitrogens with zero attached hydrogens (tertiary/aromatic N) is 3. The first-order valence-electron chi connectivity index (χ1n) is 8.20. The minimum atomic E-state index is 0.212. The monoisotopic (exact) mass is 309 g/mol. The van der Waals surface area contributed by atoms with Crippen LogP contribution in [0.1, 0.15) is 17.5 Å². The summed E-state index contributed by atoms with van der Waals surface area (Å²) >= 11 is 0. The molecule has 1 aliphatic rings. The first-order chi connectivity index (χ1) is 11.2. The molecule has 120 valence electrons. The molecule has 0 spiro atoms. The number of rotatable bonds is 6. The van der Waals surface area contributed by atoms with E-state index in [0.29, 0.717) is 6.42 Å². The number of hydrogen-bond donors (Lipinski definition) is 0. The highest BCUT2D eigenvalue weighted by molar-refractivity contribution is 5.76. The zero-order valence-electron chi connectivity index (χ0n) is 13.6. The van der Waals surface area contributed by atoms with Gasteiger partial charge in [-0.05, 0) is 42.2 Å². The molecule has 0 bridgehead atoms. The summed E-state index contributed by atoms with van der Waals surface area (Å²) < 4.78 is 0. The molecule has 3 rings (SSSR count). The van der Waals surface area contributed by atoms with Crippen molar-refractivity contribution in [3.63, 3.8) is 0 Å². The SMILES string of the molecule is CN(CCc1ccncc1)C(=O)CCN1CCc2ccccc21. The van der Waals surface area contributed by atoms with Gasteiger partial charge in [0.05, 0.1) is 0 Å². The first kappa shape index (κ1) is 15.5. The molecular weight excluding hydrogens is 286 g/mol. The number of aromatic nitrogens is 1. The van der Waals surface area contributed by atoms with E-state index in [1.165, 1.54) is 16.8 Å². The maximum absolute atomic E-state index is 12.3. The number of likely N-dealkylation sites (N-methyl/N-ethyl adjacent to an activating group) is 1. The lowest BCUT2D eigenvalue weighted by Crippen LogP contribution is -2.32. The van der Waals surface area contributed by atoms with Gasteiger partial charge in [0.15, 0.2) is 0 Å². The Bertz CT molecular complexity index is 657. The molecule has 1 amide bonds. The summed E-state index contributed by atoms with van der Waals surface area (Å²) in [7, 11) is 1.89. The standard InChI is InChI=1S/C19H23N3O/c1-21(13-8-16-6-11-20-12-7-16)19(23)10-15-22-14-9-17-4-2-3-5-18(17)22/h2-7,11-12H,8-10,13-15H2,1H3. The Hall–Kier alpha value is -2.36. The lowest BCUT2D eigenvalue weighted by molar-refractivity contribution is -0.129. The van der Waals surface area contributed by atoms with Gasteiger partial charge in [-0.25, -0.2) is 0 Å². The fourth-order valence-corrected chi connectivity index (χ4v) is 3.03. The second-order valence-electron chi connectivity index (χ2n) is 6.04. The summed E-state index contributed by atoms with van der Waals surface area (Å²) in [6.07, 6.45) is 6.12. The number of amides is 1. The Kier molecular flexibility index (Phi) is 4.91. The van der Waals surface area contributed by atoms with Crippen molar-refractivity contribution in [1.29, 1.82) is 0 Å². The number of hydrogen-bond acceptors (Lipinski definition) is 3. The Morgan fingerprint density at radius 2 is 2.00 bits per heavy atom. The van der Waals surface area contributed by atoms with Crippen molar-refractivity contribution in [3.05, 3.63) is 59.9 Å². The van der Waals surface area contributed by atoms with E-state index in [-0.39, 0.29) is 5.91 Å². The van der Waals surface area contributed by atoms with Gasteiger partial charge in [0.2, 0.25) is 5.91 Å². The highest BCUT2D eigenvalue weighted by atomic mass is 16.2. The average Bonchev–Trinajstić information content (AvgIpc) is 3.01. The summed E-state index contributed by atoms with van der Waals surface area (Å²) in [5.41, 5.74) is 3.90. The van der Waals surface area contributed by atoms with Gasteiger partial charge in [-0.15, -0.1) is 0 Å². The van der Waals surface area contributed by atoms with Gasteiger partial charge in [-0.2, -0.15) is 0 Å². The number of anilines is 1. The second kappa shape index (κ2) is 7.27. The number of para-hydroxylation sites is 1. The number of carbonyl (C=O) groups is 1. The van der Waals surface area contributed by atoms with Crippen LogP contribution in [0.4, 0.5) is 5.69 Å². The molecule has 0 fully saturated rings. The molecule has 4 nitrogen and oxygen atoms in total. The number of pyridine rings is 1. The minimum absolute atomic E-state index is 0.212.